The van der Waals surface area contributed by atoms with Gasteiger partial charge >= 0.3 is 5.97 Å². The molecule has 0 unspecified atom stereocenters. The highest BCUT2D eigenvalue weighted by molar-refractivity contribution is 7.92. The van der Waals surface area contributed by atoms with Gasteiger partial charge in [0.15, 0.2) is 6.10 Å². The van der Waals surface area contributed by atoms with Crippen molar-refractivity contribution in [2.75, 3.05) is 29.0 Å². The molecule has 154 valence electrons. The van der Waals surface area contributed by atoms with E-state index in [1.807, 2.05) is 0 Å². The van der Waals surface area contributed by atoms with Crippen molar-refractivity contribution in [3.8, 4) is 5.75 Å². The van der Waals surface area contributed by atoms with Crippen molar-refractivity contribution < 1.29 is 27.5 Å². The molecule has 0 saturated heterocycles. The van der Waals surface area contributed by atoms with E-state index in [2.05, 4.69) is 5.32 Å². The van der Waals surface area contributed by atoms with Crippen LogP contribution in [0.15, 0.2) is 42.5 Å². The molecule has 0 fully saturated rings. The molecular formula is C19H19ClN2O6S. The van der Waals surface area contributed by atoms with Crippen molar-refractivity contribution in [3.63, 3.8) is 0 Å². The van der Waals surface area contributed by atoms with E-state index in [-0.39, 0.29) is 23.7 Å². The summed E-state index contributed by atoms with van der Waals surface area (Å²) >= 11 is 6.11. The lowest BCUT2D eigenvalue weighted by molar-refractivity contribution is -0.122. The standard InChI is InChI=1S/C19H19ClN2O6S/c1-3-27-19(24)13-9-8-12(10-14(13)20)21-18(23)17-11-22(29(2,25)26)15-6-4-5-7-16(15)28-17/h4-10,17H,3,11H2,1-2H3,(H,21,23)/t17-/m1/s1. The van der Waals surface area contributed by atoms with Gasteiger partial charge in [-0.3, -0.25) is 9.10 Å². The molecule has 29 heavy (non-hydrogen) atoms. The number of amides is 1. The predicted octanol–water partition coefficient (Wildman–Crippen LogP) is 2.68. The topological polar surface area (TPSA) is 102 Å². The Bertz CT molecular complexity index is 1060. The van der Waals surface area contributed by atoms with Gasteiger partial charge in [0.25, 0.3) is 5.91 Å². The third-order valence-electron chi connectivity index (χ3n) is 4.16. The third-order valence-corrected chi connectivity index (χ3v) is 5.62. The molecular weight excluding hydrogens is 420 g/mol. The average molecular weight is 439 g/mol. The Kier molecular flexibility index (Phi) is 5.99. The zero-order valence-corrected chi connectivity index (χ0v) is 17.3. The van der Waals surface area contributed by atoms with Gasteiger partial charge in [-0.25, -0.2) is 13.2 Å². The van der Waals surface area contributed by atoms with Crippen LogP contribution in [0.25, 0.3) is 0 Å². The minimum atomic E-state index is -3.61. The van der Waals surface area contributed by atoms with Gasteiger partial charge in [0.05, 0.1) is 35.7 Å². The Morgan fingerprint density at radius 1 is 1.28 bits per heavy atom. The van der Waals surface area contributed by atoms with Crippen LogP contribution in [0.2, 0.25) is 5.02 Å². The molecule has 0 saturated carbocycles. The van der Waals surface area contributed by atoms with E-state index in [0.29, 0.717) is 17.1 Å². The SMILES string of the molecule is CCOC(=O)c1ccc(NC(=O)[C@H]2CN(S(C)(=O)=O)c3ccccc3O2)cc1Cl. The summed E-state index contributed by atoms with van der Waals surface area (Å²) in [5, 5.41) is 2.75. The molecule has 0 radical (unpaired) electrons. The highest BCUT2D eigenvalue weighted by Gasteiger charge is 2.35. The number of ether oxygens (including phenoxy) is 2. The van der Waals surface area contributed by atoms with Crippen LogP contribution >= 0.6 is 11.6 Å². The minimum Gasteiger partial charge on any atom is -0.476 e. The Hall–Kier alpha value is -2.78. The lowest BCUT2D eigenvalue weighted by Gasteiger charge is -2.33. The van der Waals surface area contributed by atoms with E-state index in [4.69, 9.17) is 21.1 Å². The first-order chi connectivity index (χ1) is 13.7. The van der Waals surface area contributed by atoms with Crippen molar-refractivity contribution >= 4 is 44.9 Å². The number of hydrogen-bond donors (Lipinski definition) is 1. The molecule has 0 aromatic heterocycles. The lowest BCUT2D eigenvalue weighted by Crippen LogP contribution is -2.48. The van der Waals surface area contributed by atoms with Crippen LogP contribution in [0.3, 0.4) is 0 Å². The second-order valence-electron chi connectivity index (χ2n) is 6.27. The molecule has 1 amide bonds. The number of anilines is 2. The molecule has 8 nitrogen and oxygen atoms in total. The van der Waals surface area contributed by atoms with Crippen LogP contribution in [0.1, 0.15) is 17.3 Å². The summed E-state index contributed by atoms with van der Waals surface area (Å²) in [5.41, 5.74) is 0.889. The molecule has 3 rings (SSSR count). The number of carbonyl (C=O) groups excluding carboxylic acids is 2. The molecule has 2 aromatic rings. The van der Waals surface area contributed by atoms with Crippen LogP contribution in [0.4, 0.5) is 11.4 Å². The molecule has 1 aliphatic heterocycles. The van der Waals surface area contributed by atoms with Crippen molar-refractivity contribution in [3.05, 3.63) is 53.1 Å². The summed E-state index contributed by atoms with van der Waals surface area (Å²) in [6, 6.07) is 10.9. The largest absolute Gasteiger partial charge is 0.476 e. The first-order valence-corrected chi connectivity index (χ1v) is 10.9. The second-order valence-corrected chi connectivity index (χ2v) is 8.59. The van der Waals surface area contributed by atoms with E-state index >= 15 is 0 Å². The maximum Gasteiger partial charge on any atom is 0.339 e. The molecule has 1 atom stereocenters. The van der Waals surface area contributed by atoms with Crippen molar-refractivity contribution in [2.24, 2.45) is 0 Å². The highest BCUT2D eigenvalue weighted by Crippen LogP contribution is 2.35. The van der Waals surface area contributed by atoms with Crippen LogP contribution < -0.4 is 14.4 Å². The van der Waals surface area contributed by atoms with Gasteiger partial charge in [-0.1, -0.05) is 23.7 Å². The number of nitrogens with one attached hydrogen (secondary N) is 1. The van der Waals surface area contributed by atoms with Gasteiger partial charge in [-0.2, -0.15) is 0 Å². The lowest BCUT2D eigenvalue weighted by atomic mass is 10.2. The number of fused-ring (bicyclic) bond motifs is 1. The minimum absolute atomic E-state index is 0.119. The van der Waals surface area contributed by atoms with Crippen molar-refractivity contribution in [1.82, 2.24) is 0 Å². The van der Waals surface area contributed by atoms with Gasteiger partial charge in [0.2, 0.25) is 10.0 Å². The number of hydrogen-bond acceptors (Lipinski definition) is 6. The monoisotopic (exact) mass is 438 g/mol. The Morgan fingerprint density at radius 3 is 2.66 bits per heavy atom. The molecule has 1 aliphatic rings. The number of sulfonamides is 1. The summed E-state index contributed by atoms with van der Waals surface area (Å²) in [5.74, 6) is -0.820. The van der Waals surface area contributed by atoms with E-state index in [0.717, 1.165) is 10.6 Å². The van der Waals surface area contributed by atoms with E-state index < -0.39 is 28.0 Å². The number of esters is 1. The summed E-state index contributed by atoms with van der Waals surface area (Å²) in [6.07, 6.45) is 0.000864. The molecule has 0 aliphatic carbocycles. The molecule has 0 bridgehead atoms. The Balaban J connectivity index is 1.79. The maximum atomic E-state index is 12.7. The summed E-state index contributed by atoms with van der Waals surface area (Å²) in [7, 11) is -3.61. The van der Waals surface area contributed by atoms with E-state index in [1.54, 1.807) is 31.2 Å². The van der Waals surface area contributed by atoms with Gasteiger partial charge in [0, 0.05) is 5.69 Å². The maximum absolute atomic E-state index is 12.7. The summed E-state index contributed by atoms with van der Waals surface area (Å²) < 4.78 is 36.0. The first kappa shape index (κ1) is 20.9. The first-order valence-electron chi connectivity index (χ1n) is 8.71. The summed E-state index contributed by atoms with van der Waals surface area (Å²) in [4.78, 5) is 24.5. The van der Waals surface area contributed by atoms with Gasteiger partial charge < -0.3 is 14.8 Å². The molecule has 10 heteroatoms. The third kappa shape index (κ3) is 4.63. The number of benzene rings is 2. The van der Waals surface area contributed by atoms with Gasteiger partial charge in [0.1, 0.15) is 5.75 Å². The Labute approximate surface area is 173 Å². The number of nitrogens with zero attached hydrogens (tertiary/aromatic N) is 1. The molecule has 0 spiro atoms. The fraction of sp³-hybridized carbons (Fsp3) is 0.263. The molecule has 2 aromatic carbocycles. The molecule has 1 heterocycles. The van der Waals surface area contributed by atoms with Crippen LogP contribution in [-0.2, 0) is 19.6 Å². The Morgan fingerprint density at radius 2 is 2.00 bits per heavy atom. The smallest absolute Gasteiger partial charge is 0.339 e. The summed E-state index contributed by atoms with van der Waals surface area (Å²) in [6.45, 7) is 1.73. The predicted molar refractivity (Wildman–Crippen MR) is 109 cm³/mol. The highest BCUT2D eigenvalue weighted by atomic mass is 35.5. The van der Waals surface area contributed by atoms with Gasteiger partial charge in [-0.15, -0.1) is 0 Å². The number of para-hydroxylation sites is 2. The zero-order chi connectivity index (χ0) is 21.2. The van der Waals surface area contributed by atoms with E-state index in [1.165, 1.54) is 18.2 Å². The van der Waals surface area contributed by atoms with Crippen LogP contribution in [0.5, 0.6) is 5.75 Å². The zero-order valence-electron chi connectivity index (χ0n) is 15.7. The van der Waals surface area contributed by atoms with Crippen molar-refractivity contribution in [1.29, 1.82) is 0 Å². The van der Waals surface area contributed by atoms with Crippen molar-refractivity contribution in [2.45, 2.75) is 13.0 Å². The van der Waals surface area contributed by atoms with Gasteiger partial charge in [-0.05, 0) is 37.3 Å². The fourth-order valence-electron chi connectivity index (χ4n) is 2.84. The normalized spacial score (nSPS) is 15.8. The second kappa shape index (κ2) is 8.30. The number of rotatable bonds is 5. The number of carbonyl (C=O) groups is 2. The van der Waals surface area contributed by atoms with Crippen LogP contribution in [-0.4, -0.2) is 45.8 Å². The van der Waals surface area contributed by atoms with E-state index in [9.17, 15) is 18.0 Å². The van der Waals surface area contributed by atoms with Crippen LogP contribution in [0, 0.1) is 0 Å². The fourth-order valence-corrected chi connectivity index (χ4v) is 4.01. The quantitative estimate of drug-likeness (QED) is 0.720. The average Bonchev–Trinajstić information content (AvgIpc) is 2.66. The number of halogens is 1. The molecule has 1 N–H and O–H groups in total.